The van der Waals surface area contributed by atoms with E-state index in [0.29, 0.717) is 12.6 Å². The second-order valence-electron chi connectivity index (χ2n) is 9.33. The number of guanidine groups is 1. The van der Waals surface area contributed by atoms with Gasteiger partial charge in [-0.15, -0.1) is 0 Å². The summed E-state index contributed by atoms with van der Waals surface area (Å²) in [6.45, 7) is 13.5. The lowest BCUT2D eigenvalue weighted by molar-refractivity contribution is 0.187. The summed E-state index contributed by atoms with van der Waals surface area (Å²) in [6.07, 6.45) is 4.08. The zero-order valence-electron chi connectivity index (χ0n) is 20.3. The van der Waals surface area contributed by atoms with Gasteiger partial charge in [0, 0.05) is 38.8 Å². The van der Waals surface area contributed by atoms with Crippen LogP contribution in [0, 0.1) is 5.92 Å². The summed E-state index contributed by atoms with van der Waals surface area (Å²) in [6, 6.07) is 13.1. The van der Waals surface area contributed by atoms with Crippen LogP contribution >= 0.6 is 0 Å². The highest BCUT2D eigenvalue weighted by Gasteiger charge is 2.20. The maximum Gasteiger partial charge on any atom is 0.191 e. The molecule has 32 heavy (non-hydrogen) atoms. The SMILES string of the molecule is CCNC(=NCc1ccccc1CN(C)Cc1ccco1)NC1CCN(CC(C)C)CC1. The van der Waals surface area contributed by atoms with E-state index in [4.69, 9.17) is 9.41 Å². The fraction of sp³-hybridized carbons (Fsp3) is 0.577. The topological polar surface area (TPSA) is 56.0 Å². The summed E-state index contributed by atoms with van der Waals surface area (Å²) < 4.78 is 5.49. The highest BCUT2D eigenvalue weighted by Crippen LogP contribution is 2.15. The molecule has 0 saturated carbocycles. The molecule has 1 aromatic heterocycles. The minimum atomic E-state index is 0.492. The number of aliphatic imine (C=N–C) groups is 1. The first-order chi connectivity index (χ1) is 15.5. The molecule has 1 aliphatic heterocycles. The van der Waals surface area contributed by atoms with Crippen molar-refractivity contribution in [3.8, 4) is 0 Å². The number of furan rings is 1. The smallest absolute Gasteiger partial charge is 0.191 e. The number of hydrogen-bond donors (Lipinski definition) is 2. The Balaban J connectivity index is 1.56. The average Bonchev–Trinajstić information content (AvgIpc) is 3.27. The van der Waals surface area contributed by atoms with Crippen molar-refractivity contribution in [3.05, 3.63) is 59.5 Å². The molecule has 0 unspecified atom stereocenters. The molecular weight excluding hydrogens is 398 g/mol. The summed E-state index contributed by atoms with van der Waals surface area (Å²) in [5, 5.41) is 7.12. The van der Waals surface area contributed by atoms with Crippen LogP contribution in [0.25, 0.3) is 0 Å². The van der Waals surface area contributed by atoms with Crippen molar-refractivity contribution in [1.82, 2.24) is 20.4 Å². The zero-order chi connectivity index (χ0) is 22.8. The predicted molar refractivity (Wildman–Crippen MR) is 133 cm³/mol. The summed E-state index contributed by atoms with van der Waals surface area (Å²) in [4.78, 5) is 9.79. The van der Waals surface area contributed by atoms with E-state index in [1.807, 2.05) is 12.1 Å². The summed E-state index contributed by atoms with van der Waals surface area (Å²) >= 11 is 0. The number of hydrogen-bond acceptors (Lipinski definition) is 4. The Morgan fingerprint density at radius 3 is 2.53 bits per heavy atom. The molecule has 3 rings (SSSR count). The molecule has 6 heteroatoms. The molecule has 0 atom stereocenters. The minimum Gasteiger partial charge on any atom is -0.468 e. The number of rotatable bonds is 10. The zero-order valence-corrected chi connectivity index (χ0v) is 20.3. The summed E-state index contributed by atoms with van der Waals surface area (Å²) in [5.41, 5.74) is 2.57. The van der Waals surface area contributed by atoms with E-state index in [9.17, 15) is 0 Å². The van der Waals surface area contributed by atoms with E-state index in [1.165, 1.54) is 43.6 Å². The van der Waals surface area contributed by atoms with Gasteiger partial charge < -0.3 is 20.0 Å². The normalized spacial score (nSPS) is 16.1. The Morgan fingerprint density at radius 1 is 1.12 bits per heavy atom. The third-order valence-electron chi connectivity index (χ3n) is 5.87. The first-order valence-electron chi connectivity index (χ1n) is 12.1. The Labute approximate surface area is 194 Å². The van der Waals surface area contributed by atoms with E-state index in [2.05, 4.69) is 72.5 Å². The maximum atomic E-state index is 5.49. The van der Waals surface area contributed by atoms with Crippen LogP contribution in [-0.2, 0) is 19.6 Å². The summed E-state index contributed by atoms with van der Waals surface area (Å²) in [5.74, 6) is 2.64. The molecule has 1 aliphatic rings. The van der Waals surface area contributed by atoms with Crippen LogP contribution < -0.4 is 10.6 Å². The molecule has 0 amide bonds. The predicted octanol–water partition coefficient (Wildman–Crippen LogP) is 4.09. The van der Waals surface area contributed by atoms with Crippen molar-refractivity contribution in [1.29, 1.82) is 0 Å². The number of piperidine rings is 1. The Morgan fingerprint density at radius 2 is 1.88 bits per heavy atom. The molecule has 1 aromatic carbocycles. The van der Waals surface area contributed by atoms with Crippen LogP contribution in [-0.4, -0.2) is 55.0 Å². The molecule has 0 spiro atoms. The molecule has 1 fully saturated rings. The van der Waals surface area contributed by atoms with Crippen molar-refractivity contribution in [2.24, 2.45) is 10.9 Å². The van der Waals surface area contributed by atoms with Crippen LogP contribution in [0.2, 0.25) is 0 Å². The van der Waals surface area contributed by atoms with Crippen molar-refractivity contribution >= 4 is 5.96 Å². The lowest BCUT2D eigenvalue weighted by atomic mass is 10.0. The van der Waals surface area contributed by atoms with Gasteiger partial charge in [-0.25, -0.2) is 4.99 Å². The van der Waals surface area contributed by atoms with E-state index in [-0.39, 0.29) is 0 Å². The number of likely N-dealkylation sites (tertiary alicyclic amines) is 1. The van der Waals surface area contributed by atoms with Gasteiger partial charge in [-0.05, 0) is 56.0 Å². The van der Waals surface area contributed by atoms with Crippen LogP contribution in [0.1, 0.15) is 50.5 Å². The minimum absolute atomic E-state index is 0.492. The van der Waals surface area contributed by atoms with Crippen molar-refractivity contribution in [3.63, 3.8) is 0 Å². The molecular formula is C26H41N5O. The first kappa shape index (κ1) is 24.3. The van der Waals surface area contributed by atoms with E-state index >= 15 is 0 Å². The third kappa shape index (κ3) is 7.99. The molecule has 2 N–H and O–H groups in total. The largest absolute Gasteiger partial charge is 0.468 e. The molecule has 6 nitrogen and oxygen atoms in total. The molecule has 176 valence electrons. The molecule has 0 bridgehead atoms. The van der Waals surface area contributed by atoms with E-state index < -0.39 is 0 Å². The summed E-state index contributed by atoms with van der Waals surface area (Å²) in [7, 11) is 2.12. The van der Waals surface area contributed by atoms with Gasteiger partial charge >= 0.3 is 0 Å². The van der Waals surface area contributed by atoms with Crippen LogP contribution in [0.15, 0.2) is 52.1 Å². The maximum absolute atomic E-state index is 5.49. The van der Waals surface area contributed by atoms with Crippen molar-refractivity contribution in [2.45, 2.75) is 59.3 Å². The first-order valence-corrected chi connectivity index (χ1v) is 12.1. The Kier molecular flexibility index (Phi) is 9.62. The lowest BCUT2D eigenvalue weighted by Gasteiger charge is -2.34. The average molecular weight is 440 g/mol. The second-order valence-corrected chi connectivity index (χ2v) is 9.33. The van der Waals surface area contributed by atoms with Crippen molar-refractivity contribution in [2.75, 3.05) is 33.2 Å². The standard InChI is InChI=1S/C26H41N5O/c1-5-27-26(29-24-12-14-31(15-13-24)18-21(2)3)28-17-22-9-6-7-10-23(22)19-30(4)20-25-11-8-16-32-25/h6-11,16,21,24H,5,12-15,17-20H2,1-4H3,(H2,27,28,29). The van der Waals surface area contributed by atoms with Crippen molar-refractivity contribution < 1.29 is 4.42 Å². The number of nitrogens with one attached hydrogen (secondary N) is 2. The van der Waals surface area contributed by atoms with E-state index in [0.717, 1.165) is 37.3 Å². The van der Waals surface area contributed by atoms with Gasteiger partial charge in [0.1, 0.15) is 5.76 Å². The lowest BCUT2D eigenvalue weighted by Crippen LogP contribution is -2.49. The van der Waals surface area contributed by atoms with Gasteiger partial charge in [0.05, 0.1) is 19.4 Å². The number of benzene rings is 1. The Bertz CT molecular complexity index is 809. The second kappa shape index (κ2) is 12.7. The highest BCUT2D eigenvalue weighted by molar-refractivity contribution is 5.80. The van der Waals surface area contributed by atoms with Gasteiger partial charge in [0.2, 0.25) is 0 Å². The molecule has 2 heterocycles. The van der Waals surface area contributed by atoms with Gasteiger partial charge in [0.15, 0.2) is 5.96 Å². The van der Waals surface area contributed by atoms with Gasteiger partial charge in [-0.3, -0.25) is 4.90 Å². The number of nitrogens with zero attached hydrogens (tertiary/aromatic N) is 3. The molecule has 1 saturated heterocycles. The molecule has 0 aliphatic carbocycles. The van der Waals surface area contributed by atoms with E-state index in [1.54, 1.807) is 6.26 Å². The fourth-order valence-corrected chi connectivity index (χ4v) is 4.34. The van der Waals surface area contributed by atoms with Gasteiger partial charge in [-0.2, -0.15) is 0 Å². The fourth-order valence-electron chi connectivity index (χ4n) is 4.34. The molecule has 0 radical (unpaired) electrons. The highest BCUT2D eigenvalue weighted by atomic mass is 16.3. The van der Waals surface area contributed by atoms with Crippen LogP contribution in [0.3, 0.4) is 0 Å². The van der Waals surface area contributed by atoms with Gasteiger partial charge in [-0.1, -0.05) is 38.1 Å². The molecule has 2 aromatic rings. The Hall–Kier alpha value is -2.31. The van der Waals surface area contributed by atoms with Crippen LogP contribution in [0.4, 0.5) is 0 Å². The monoisotopic (exact) mass is 439 g/mol. The van der Waals surface area contributed by atoms with Gasteiger partial charge in [0.25, 0.3) is 0 Å². The van der Waals surface area contributed by atoms with Crippen LogP contribution in [0.5, 0.6) is 0 Å². The quantitative estimate of drug-likeness (QED) is 0.431. The third-order valence-corrected chi connectivity index (χ3v) is 5.87.